The maximum atomic E-state index is 8.82. The van der Waals surface area contributed by atoms with Crippen molar-refractivity contribution in [1.29, 1.82) is 0 Å². The van der Waals surface area contributed by atoms with Crippen molar-refractivity contribution in [2.75, 3.05) is 0 Å². The first kappa shape index (κ1) is 6.39. The lowest BCUT2D eigenvalue weighted by atomic mass is 11.9. The van der Waals surface area contributed by atoms with Gasteiger partial charge in [-0.3, -0.25) is 0 Å². The molecule has 0 aromatic rings. The molecule has 48 valence electrons. The summed E-state index contributed by atoms with van der Waals surface area (Å²) >= 11 is 0. The summed E-state index contributed by atoms with van der Waals surface area (Å²) in [6.45, 7) is 2.94. The molecule has 0 atom stereocenters. The summed E-state index contributed by atoms with van der Waals surface area (Å²) in [7, 11) is -5.55. The molecule has 4 nitrogen and oxygen atoms in total. The highest BCUT2D eigenvalue weighted by atomic mass is 28.5. The van der Waals surface area contributed by atoms with E-state index in [4.69, 9.17) is 9.59 Å². The lowest BCUT2D eigenvalue weighted by molar-refractivity contribution is 0.0780. The molecule has 1 rings (SSSR count). The molecule has 0 aromatic heterocycles. The van der Waals surface area contributed by atoms with Gasteiger partial charge in [-0.1, -0.05) is 0 Å². The maximum Gasteiger partial charge on any atom is 0.480 e. The van der Waals surface area contributed by atoms with Crippen LogP contribution in [0.5, 0.6) is 0 Å². The van der Waals surface area contributed by atoms with Crippen molar-refractivity contribution in [2.24, 2.45) is 0 Å². The second-order valence-corrected chi connectivity index (χ2v) is 7.22. The van der Waals surface area contributed by atoms with Crippen LogP contribution < -0.4 is 0 Å². The molecule has 0 amide bonds. The second-order valence-electron chi connectivity index (χ2n) is 2.00. The van der Waals surface area contributed by atoms with Crippen LogP contribution in [0, 0.1) is 0 Å². The minimum absolute atomic E-state index is 1.47. The normalized spacial score (nSPS) is 55.5. The van der Waals surface area contributed by atoms with Gasteiger partial charge in [0.05, 0.1) is 0 Å². The van der Waals surface area contributed by atoms with Crippen molar-refractivity contribution < 1.29 is 17.8 Å². The number of rotatable bonds is 0. The van der Waals surface area contributed by atoms with Gasteiger partial charge in [-0.05, 0) is 0 Å². The predicted molar refractivity (Wildman–Crippen MR) is 29.8 cm³/mol. The first-order valence-corrected chi connectivity index (χ1v) is 6.79. The Hall–Kier alpha value is 0.274. The fourth-order valence-corrected chi connectivity index (χ4v) is 6.39. The molecule has 0 aromatic carbocycles. The molecule has 2 N–H and O–H groups in total. The minimum Gasteiger partial charge on any atom is -0.391 e. The van der Waals surface area contributed by atoms with Gasteiger partial charge < -0.3 is 17.8 Å². The molecule has 1 aliphatic rings. The molecule has 1 fully saturated rings. The molecule has 1 saturated heterocycles. The Balaban J connectivity index is 2.42. The second kappa shape index (κ2) is 1.41. The molecule has 1 aliphatic heterocycles. The quantitative estimate of drug-likeness (QED) is 0.444. The first-order chi connectivity index (χ1) is 3.41. The molecule has 0 spiro atoms. The van der Waals surface area contributed by atoms with Crippen molar-refractivity contribution in [1.82, 2.24) is 0 Å². The van der Waals surface area contributed by atoms with Crippen LogP contribution in [0.4, 0.5) is 0 Å². The van der Waals surface area contributed by atoms with Crippen molar-refractivity contribution in [2.45, 2.75) is 13.1 Å². The van der Waals surface area contributed by atoms with Gasteiger partial charge in [0.2, 0.25) is 0 Å². The van der Waals surface area contributed by atoms with Crippen molar-refractivity contribution in [3.63, 3.8) is 0 Å². The first-order valence-electron chi connectivity index (χ1n) is 2.26. The highest BCUT2D eigenvalue weighted by Gasteiger charge is 2.57. The standard InChI is InChI=1S/C2H8O4Si2/c1-7(3)5-8(2,4)6-7/h3-4H,1-2H3. The Morgan fingerprint density at radius 3 is 1.25 bits per heavy atom. The van der Waals surface area contributed by atoms with Gasteiger partial charge in [-0.2, -0.15) is 0 Å². The average Bonchev–Trinajstić information content (AvgIpc) is 1.20. The zero-order chi connectivity index (χ0) is 6.41. The van der Waals surface area contributed by atoms with Crippen LogP contribution in [-0.2, 0) is 8.23 Å². The van der Waals surface area contributed by atoms with Gasteiger partial charge in [0.25, 0.3) is 0 Å². The fourth-order valence-electron chi connectivity index (χ4n) is 0.710. The Morgan fingerprint density at radius 1 is 1.00 bits per heavy atom. The Morgan fingerprint density at radius 2 is 1.25 bits per heavy atom. The lowest BCUT2D eigenvalue weighted by Gasteiger charge is -2.40. The van der Waals surface area contributed by atoms with Gasteiger partial charge in [-0.25, -0.2) is 0 Å². The van der Waals surface area contributed by atoms with Crippen molar-refractivity contribution in [3.05, 3.63) is 0 Å². The van der Waals surface area contributed by atoms with Crippen molar-refractivity contribution >= 4 is 17.6 Å². The van der Waals surface area contributed by atoms with Gasteiger partial charge in [-0.15, -0.1) is 0 Å². The van der Waals surface area contributed by atoms with Gasteiger partial charge in [0.1, 0.15) is 0 Å². The molecule has 0 bridgehead atoms. The van der Waals surface area contributed by atoms with Crippen LogP contribution in [0.2, 0.25) is 13.1 Å². The van der Waals surface area contributed by atoms with Crippen LogP contribution in [0.1, 0.15) is 0 Å². The maximum absolute atomic E-state index is 8.82. The molecular weight excluding hydrogens is 144 g/mol. The summed E-state index contributed by atoms with van der Waals surface area (Å²) in [5.41, 5.74) is 0. The molecular formula is C2H8O4Si2. The van der Waals surface area contributed by atoms with E-state index in [0.29, 0.717) is 0 Å². The minimum atomic E-state index is -2.77. The molecule has 0 saturated carbocycles. The fraction of sp³-hybridized carbons (Fsp3) is 1.00. The summed E-state index contributed by atoms with van der Waals surface area (Å²) < 4.78 is 9.36. The third-order valence-electron chi connectivity index (χ3n) is 0.757. The largest absolute Gasteiger partial charge is 0.480 e. The number of hydrogen-bond acceptors (Lipinski definition) is 4. The summed E-state index contributed by atoms with van der Waals surface area (Å²) in [5.74, 6) is 0. The van der Waals surface area contributed by atoms with Crippen molar-refractivity contribution in [3.8, 4) is 0 Å². The van der Waals surface area contributed by atoms with E-state index in [0.717, 1.165) is 0 Å². The molecule has 0 unspecified atom stereocenters. The third kappa shape index (κ3) is 1.16. The van der Waals surface area contributed by atoms with Crippen LogP contribution in [0.25, 0.3) is 0 Å². The average molecular weight is 152 g/mol. The molecule has 8 heavy (non-hydrogen) atoms. The van der Waals surface area contributed by atoms with E-state index in [-0.39, 0.29) is 0 Å². The smallest absolute Gasteiger partial charge is 0.391 e. The predicted octanol–water partition coefficient (Wildman–Crippen LogP) is -0.845. The summed E-state index contributed by atoms with van der Waals surface area (Å²) in [5, 5.41) is 0. The highest BCUT2D eigenvalue weighted by Crippen LogP contribution is 2.24. The van der Waals surface area contributed by atoms with Gasteiger partial charge >= 0.3 is 17.6 Å². The van der Waals surface area contributed by atoms with Crippen LogP contribution in [0.15, 0.2) is 0 Å². The zero-order valence-corrected chi connectivity index (χ0v) is 6.71. The third-order valence-corrected chi connectivity index (χ3v) is 6.82. The monoisotopic (exact) mass is 152 g/mol. The Labute approximate surface area is 49.4 Å². The molecule has 6 heteroatoms. The lowest BCUT2D eigenvalue weighted by Crippen LogP contribution is -2.68. The molecule has 1 heterocycles. The SMILES string of the molecule is C[Si]1(O)O[Si](C)(O)O1. The summed E-state index contributed by atoms with van der Waals surface area (Å²) in [6.07, 6.45) is 0. The molecule has 0 aliphatic carbocycles. The van der Waals surface area contributed by atoms with Gasteiger partial charge in [0.15, 0.2) is 0 Å². The Bertz CT molecular complexity index is 88.6. The molecule has 0 radical (unpaired) electrons. The van der Waals surface area contributed by atoms with E-state index in [1.807, 2.05) is 0 Å². The Kier molecular flexibility index (Phi) is 1.12. The summed E-state index contributed by atoms with van der Waals surface area (Å²) in [4.78, 5) is 17.6. The van der Waals surface area contributed by atoms with E-state index in [9.17, 15) is 0 Å². The van der Waals surface area contributed by atoms with E-state index in [2.05, 4.69) is 8.23 Å². The van der Waals surface area contributed by atoms with Gasteiger partial charge in [0, 0.05) is 13.1 Å². The van der Waals surface area contributed by atoms with Crippen LogP contribution in [-0.4, -0.2) is 27.2 Å². The van der Waals surface area contributed by atoms with E-state index in [1.54, 1.807) is 0 Å². The number of hydrogen-bond donors (Lipinski definition) is 2. The topological polar surface area (TPSA) is 58.9 Å². The van der Waals surface area contributed by atoms with Crippen LogP contribution >= 0.6 is 0 Å². The van der Waals surface area contributed by atoms with Crippen LogP contribution in [0.3, 0.4) is 0 Å². The summed E-state index contributed by atoms with van der Waals surface area (Å²) in [6, 6.07) is 0. The van der Waals surface area contributed by atoms with E-state index in [1.165, 1.54) is 13.1 Å². The zero-order valence-electron chi connectivity index (χ0n) is 4.71. The highest BCUT2D eigenvalue weighted by molar-refractivity contribution is 6.86. The van der Waals surface area contributed by atoms with E-state index >= 15 is 0 Å². The van der Waals surface area contributed by atoms with E-state index < -0.39 is 17.6 Å².